The third-order valence-corrected chi connectivity index (χ3v) is 11.7. The lowest BCUT2D eigenvalue weighted by atomic mass is 9.91. The number of hydrogen-bond donors (Lipinski definition) is 6. The number of pyridine rings is 2. The molecule has 2 heterocycles. The molecule has 2 aliphatic rings. The second-order valence-corrected chi connectivity index (χ2v) is 16.1. The summed E-state index contributed by atoms with van der Waals surface area (Å²) in [4.78, 5) is 32.2. The number of benzene rings is 3. The van der Waals surface area contributed by atoms with Gasteiger partial charge in [-0.2, -0.15) is 10.2 Å². The first kappa shape index (κ1) is 43.0. The lowest BCUT2D eigenvalue weighted by Gasteiger charge is -2.24. The van der Waals surface area contributed by atoms with Gasteiger partial charge in [-0.1, -0.05) is 60.1 Å². The summed E-state index contributed by atoms with van der Waals surface area (Å²) < 4.78 is 19.2. The van der Waals surface area contributed by atoms with E-state index in [0.29, 0.717) is 28.9 Å². The van der Waals surface area contributed by atoms with Crippen molar-refractivity contribution in [3.05, 3.63) is 135 Å². The smallest absolute Gasteiger partial charge is 0.326 e. The summed E-state index contributed by atoms with van der Waals surface area (Å²) in [6.07, 6.45) is 5.57. The van der Waals surface area contributed by atoms with Gasteiger partial charge in [0.2, 0.25) is 11.8 Å². The van der Waals surface area contributed by atoms with Crippen LogP contribution in [0.4, 0.5) is 0 Å². The van der Waals surface area contributed by atoms with E-state index >= 15 is 0 Å². The maximum atomic E-state index is 11.9. The summed E-state index contributed by atoms with van der Waals surface area (Å²) in [5, 5.41) is 53.8. The monoisotopic (exact) mass is 847 g/mol. The van der Waals surface area contributed by atoms with E-state index in [-0.39, 0.29) is 48.7 Å². The van der Waals surface area contributed by atoms with Crippen LogP contribution in [0.5, 0.6) is 17.5 Å². The molecule has 0 aliphatic heterocycles. The van der Waals surface area contributed by atoms with E-state index in [4.69, 9.17) is 25.8 Å². The fourth-order valence-corrected chi connectivity index (χ4v) is 7.78. The number of aliphatic hydroxyl groups is 2. The number of rotatable bonds is 18. The number of nitriles is 1. The standard InChI is InChI=1S/C46H46ClN5O9/c1-45(25-53,43(55)56)50-22-27-9-11-31(12-10-27)60-39-15-13-34-32(5-3-7-36(34)39)33-6-4-8-37-35(33)14-16-40(37)61-42-38(47)18-30(23-51-46(2,26-54)44(57)58)41(52-42)59-24-29-17-28(19-48)20-49-21-29/h3-12,17-18,20-21,39-40,50-51,53-54H,13-16,22-26H2,1-2H3,(H,55,56)(H,57,58)/t39-,40-,45-,46-/m0/s1. The summed E-state index contributed by atoms with van der Waals surface area (Å²) in [5.41, 5.74) is 6.02. The third kappa shape index (κ3) is 9.31. The van der Waals surface area contributed by atoms with Crippen LogP contribution in [0.1, 0.15) is 83.4 Å². The topological polar surface area (TPSA) is 216 Å². The average Bonchev–Trinajstić information content (AvgIpc) is 3.89. The predicted octanol–water partition coefficient (Wildman–Crippen LogP) is 6.23. The molecule has 0 saturated carbocycles. The lowest BCUT2D eigenvalue weighted by Crippen LogP contribution is -2.52. The van der Waals surface area contributed by atoms with Gasteiger partial charge >= 0.3 is 11.9 Å². The van der Waals surface area contributed by atoms with Crippen molar-refractivity contribution in [2.75, 3.05) is 13.2 Å². The molecule has 0 radical (unpaired) electrons. The molecular weight excluding hydrogens is 802 g/mol. The highest BCUT2D eigenvalue weighted by atomic mass is 35.5. The molecule has 2 aromatic heterocycles. The second-order valence-electron chi connectivity index (χ2n) is 15.7. The van der Waals surface area contributed by atoms with Gasteiger partial charge in [0.1, 0.15) is 46.7 Å². The predicted molar refractivity (Wildman–Crippen MR) is 224 cm³/mol. The summed E-state index contributed by atoms with van der Waals surface area (Å²) in [6.45, 7) is 1.86. The Balaban J connectivity index is 1.09. The SMILES string of the molecule is C[C@@](CO)(NCc1ccc(O[C@H]2CCc3c(-c4cccc5c4CC[C@@H]5Oc4nc(OCc5cncc(C#N)c5)c(CN[C@@](C)(CO)C(=O)O)cc4Cl)cccc32)cc1)C(=O)O. The average molecular weight is 848 g/mol. The molecule has 4 atom stereocenters. The molecule has 5 aromatic rings. The largest absolute Gasteiger partial charge is 0.486 e. The molecule has 2 aliphatic carbocycles. The van der Waals surface area contributed by atoms with Gasteiger partial charge in [-0.3, -0.25) is 25.2 Å². The van der Waals surface area contributed by atoms with Gasteiger partial charge in [-0.25, -0.2) is 0 Å². The van der Waals surface area contributed by atoms with Crippen molar-refractivity contribution in [1.82, 2.24) is 20.6 Å². The Morgan fingerprint density at radius 3 is 1.97 bits per heavy atom. The van der Waals surface area contributed by atoms with Crippen molar-refractivity contribution in [2.24, 2.45) is 0 Å². The molecule has 14 nitrogen and oxygen atoms in total. The first-order valence-electron chi connectivity index (χ1n) is 19.9. The van der Waals surface area contributed by atoms with Gasteiger partial charge in [0.15, 0.2) is 0 Å². The Morgan fingerprint density at radius 1 is 0.803 bits per heavy atom. The molecule has 0 bridgehead atoms. The zero-order valence-corrected chi connectivity index (χ0v) is 34.4. The summed E-state index contributed by atoms with van der Waals surface area (Å²) in [5.74, 6) is -1.37. The van der Waals surface area contributed by atoms with Gasteiger partial charge in [0.25, 0.3) is 0 Å². The highest BCUT2D eigenvalue weighted by Gasteiger charge is 2.34. The number of nitrogens with zero attached hydrogens (tertiary/aromatic N) is 3. The number of carboxylic acids is 2. The first-order valence-corrected chi connectivity index (χ1v) is 20.2. The van der Waals surface area contributed by atoms with Crippen molar-refractivity contribution < 1.29 is 44.2 Å². The van der Waals surface area contributed by atoms with Gasteiger partial charge in [0, 0.05) is 36.6 Å². The van der Waals surface area contributed by atoms with E-state index in [2.05, 4.69) is 57.0 Å². The zero-order chi connectivity index (χ0) is 43.3. The quantitative estimate of drug-likeness (QED) is 0.0577. The number of hydrogen-bond acceptors (Lipinski definition) is 12. The third-order valence-electron chi connectivity index (χ3n) is 11.4. The molecule has 3 aromatic carbocycles. The summed E-state index contributed by atoms with van der Waals surface area (Å²) >= 11 is 6.80. The number of carbonyl (C=O) groups is 2. The Bertz CT molecular complexity index is 2480. The van der Waals surface area contributed by atoms with Crippen LogP contribution < -0.4 is 24.8 Å². The highest BCUT2D eigenvalue weighted by Crippen LogP contribution is 2.45. The number of carboxylic acid groups (broad SMARTS) is 2. The molecule has 6 N–H and O–H groups in total. The van der Waals surface area contributed by atoms with Crippen LogP contribution in [-0.2, 0) is 42.1 Å². The Labute approximate surface area is 357 Å². The maximum absolute atomic E-state index is 11.9. The van der Waals surface area contributed by atoms with Gasteiger partial charge in [-0.15, -0.1) is 0 Å². The summed E-state index contributed by atoms with van der Waals surface area (Å²) in [6, 6.07) is 25.4. The molecule has 0 saturated heterocycles. The Hall–Kier alpha value is -6.08. The van der Waals surface area contributed by atoms with Crippen LogP contribution in [0, 0.1) is 11.3 Å². The van der Waals surface area contributed by atoms with Gasteiger partial charge < -0.3 is 34.6 Å². The second kappa shape index (κ2) is 18.3. The number of fused-ring (bicyclic) bond motifs is 2. The van der Waals surface area contributed by atoms with E-state index < -0.39 is 36.2 Å². The van der Waals surface area contributed by atoms with E-state index in [1.807, 2.05) is 30.3 Å². The van der Waals surface area contributed by atoms with E-state index in [1.54, 1.807) is 18.3 Å². The molecule has 7 rings (SSSR count). The number of nitrogens with one attached hydrogen (secondary N) is 2. The molecule has 0 fully saturated rings. The van der Waals surface area contributed by atoms with Crippen molar-refractivity contribution in [3.63, 3.8) is 0 Å². The summed E-state index contributed by atoms with van der Waals surface area (Å²) in [7, 11) is 0. The van der Waals surface area contributed by atoms with Crippen LogP contribution in [0.3, 0.4) is 0 Å². The number of aliphatic carboxylic acids is 2. The molecule has 0 spiro atoms. The Kier molecular flexibility index (Phi) is 12.9. The molecule has 15 heteroatoms. The molecule has 0 unspecified atom stereocenters. The Morgan fingerprint density at radius 2 is 1.39 bits per heavy atom. The van der Waals surface area contributed by atoms with Gasteiger partial charge in [-0.05, 0) is 103 Å². The van der Waals surface area contributed by atoms with E-state index in [1.165, 1.54) is 31.2 Å². The van der Waals surface area contributed by atoms with Crippen LogP contribution >= 0.6 is 11.6 Å². The van der Waals surface area contributed by atoms with Crippen LogP contribution in [0.25, 0.3) is 11.1 Å². The van der Waals surface area contributed by atoms with E-state index in [9.17, 15) is 35.3 Å². The number of halogens is 1. The van der Waals surface area contributed by atoms with Crippen molar-refractivity contribution >= 4 is 23.5 Å². The zero-order valence-electron chi connectivity index (χ0n) is 33.7. The normalized spacial score (nSPS) is 17.3. The molecular formula is C46H46ClN5O9. The van der Waals surface area contributed by atoms with E-state index in [0.717, 1.165) is 47.1 Å². The fourth-order valence-electron chi connectivity index (χ4n) is 7.56. The minimum atomic E-state index is -1.63. The molecule has 61 heavy (non-hydrogen) atoms. The van der Waals surface area contributed by atoms with Crippen molar-refractivity contribution in [1.29, 1.82) is 5.26 Å². The molecule has 316 valence electrons. The minimum absolute atomic E-state index is 0.00851. The maximum Gasteiger partial charge on any atom is 0.326 e. The number of aromatic nitrogens is 2. The lowest BCUT2D eigenvalue weighted by molar-refractivity contribution is -0.146. The van der Waals surface area contributed by atoms with Crippen LogP contribution in [0.2, 0.25) is 5.02 Å². The number of ether oxygens (including phenoxy) is 3. The molecule has 0 amide bonds. The van der Waals surface area contributed by atoms with Gasteiger partial charge in [0.05, 0.1) is 18.8 Å². The van der Waals surface area contributed by atoms with Crippen LogP contribution in [0.15, 0.2) is 85.2 Å². The van der Waals surface area contributed by atoms with Crippen molar-refractivity contribution in [2.45, 2.75) is 82.5 Å². The fraction of sp³-hybridized carbons (Fsp3) is 0.326. The first-order chi connectivity index (χ1) is 29.3. The van der Waals surface area contributed by atoms with Crippen LogP contribution in [-0.4, -0.2) is 66.6 Å². The van der Waals surface area contributed by atoms with Crippen molar-refractivity contribution in [3.8, 4) is 34.7 Å². The number of aliphatic hydroxyl groups excluding tert-OH is 2. The minimum Gasteiger partial charge on any atom is -0.486 e. The highest BCUT2D eigenvalue weighted by molar-refractivity contribution is 6.31.